The van der Waals surface area contributed by atoms with Gasteiger partial charge >= 0.3 is 0 Å². The normalized spacial score (nSPS) is 11.3. The van der Waals surface area contributed by atoms with Crippen molar-refractivity contribution < 1.29 is 0 Å². The van der Waals surface area contributed by atoms with Gasteiger partial charge in [-0.05, 0) is 75.0 Å². The van der Waals surface area contributed by atoms with E-state index < -0.39 is 0 Å². The van der Waals surface area contributed by atoms with Gasteiger partial charge in [-0.25, -0.2) is 0 Å². The van der Waals surface area contributed by atoms with Crippen LogP contribution >= 0.6 is 11.3 Å². The molecule has 1 aromatic heterocycles. The molecule has 0 amide bonds. The van der Waals surface area contributed by atoms with Gasteiger partial charge in [0, 0.05) is 26.7 Å². The molecule has 0 bridgehead atoms. The molecule has 48 heavy (non-hydrogen) atoms. The van der Waals surface area contributed by atoms with Gasteiger partial charge in [0.25, 0.3) is 0 Å². The van der Waals surface area contributed by atoms with Gasteiger partial charge in [0.2, 0.25) is 0 Å². The number of fused-ring (bicyclic) bond motifs is 4. The van der Waals surface area contributed by atoms with Crippen LogP contribution in [0.5, 0.6) is 0 Å². The Labute approximate surface area is 284 Å². The maximum Gasteiger partial charge on any atom is 0.0640 e. The zero-order valence-corrected chi connectivity index (χ0v) is 27.1. The molecule has 0 saturated carbocycles. The van der Waals surface area contributed by atoms with Crippen LogP contribution in [0.2, 0.25) is 0 Å². The first kappa shape index (κ1) is 28.3. The predicted molar refractivity (Wildman–Crippen MR) is 208 cm³/mol. The van der Waals surface area contributed by atoms with E-state index in [0.717, 1.165) is 11.4 Å². The third-order valence-electron chi connectivity index (χ3n) is 9.27. The molecule has 0 aliphatic carbocycles. The van der Waals surface area contributed by atoms with Crippen molar-refractivity contribution >= 4 is 59.3 Å². The van der Waals surface area contributed by atoms with Gasteiger partial charge in [0.15, 0.2) is 0 Å². The number of hydrogen-bond acceptors (Lipinski definition) is 2. The molecule has 0 saturated heterocycles. The summed E-state index contributed by atoms with van der Waals surface area (Å²) in [4.78, 5) is 2.45. The Balaban J connectivity index is 1.20. The molecule has 1 heterocycles. The van der Waals surface area contributed by atoms with Crippen LogP contribution in [-0.4, -0.2) is 0 Å². The Morgan fingerprint density at radius 1 is 0.354 bits per heavy atom. The summed E-state index contributed by atoms with van der Waals surface area (Å²) in [6.45, 7) is 0. The van der Waals surface area contributed by atoms with Crippen LogP contribution in [0.25, 0.3) is 64.3 Å². The predicted octanol–water partition coefficient (Wildman–Crippen LogP) is 13.7. The molecule has 8 aromatic carbocycles. The summed E-state index contributed by atoms with van der Waals surface area (Å²) >= 11 is 1.88. The van der Waals surface area contributed by atoms with Crippen LogP contribution in [0.4, 0.5) is 17.1 Å². The standard InChI is InChI=1S/C46H31NS/c1-3-12-32(13-4-1)33-22-24-34(25-23-33)35-26-28-39(29-27-35)47(43-20-10-9-18-40(43)36-14-5-2-6-15-36)44-21-11-19-41-42-30-37-16-7-8-17-38(37)31-45(42)48-46(41)44/h1-31H. The molecule has 226 valence electrons. The summed E-state index contributed by atoms with van der Waals surface area (Å²) in [6.07, 6.45) is 0. The summed E-state index contributed by atoms with van der Waals surface area (Å²) in [6, 6.07) is 68.1. The number of nitrogens with zero attached hydrogens (tertiary/aromatic N) is 1. The lowest BCUT2D eigenvalue weighted by Crippen LogP contribution is -2.11. The summed E-state index contributed by atoms with van der Waals surface area (Å²) in [5.41, 5.74) is 10.7. The van der Waals surface area contributed by atoms with E-state index in [1.165, 1.54) is 70.0 Å². The highest BCUT2D eigenvalue weighted by Gasteiger charge is 2.21. The molecule has 0 atom stereocenters. The molecule has 0 fully saturated rings. The third kappa shape index (κ3) is 5.04. The fourth-order valence-electron chi connectivity index (χ4n) is 6.87. The van der Waals surface area contributed by atoms with Crippen LogP contribution in [0.1, 0.15) is 0 Å². The zero-order chi connectivity index (χ0) is 31.9. The number of rotatable bonds is 6. The summed E-state index contributed by atoms with van der Waals surface area (Å²) in [5.74, 6) is 0. The Bertz CT molecular complexity index is 2530. The monoisotopic (exact) mass is 629 g/mol. The molecule has 0 aliphatic rings. The molecule has 0 N–H and O–H groups in total. The Hall–Kier alpha value is -5.96. The second-order valence-corrected chi connectivity index (χ2v) is 13.2. The van der Waals surface area contributed by atoms with Crippen molar-refractivity contribution in [3.8, 4) is 33.4 Å². The van der Waals surface area contributed by atoms with Crippen LogP contribution < -0.4 is 4.90 Å². The average Bonchev–Trinajstić information content (AvgIpc) is 3.53. The van der Waals surface area contributed by atoms with E-state index in [0.29, 0.717) is 0 Å². The van der Waals surface area contributed by atoms with Gasteiger partial charge in [-0.2, -0.15) is 0 Å². The highest BCUT2D eigenvalue weighted by atomic mass is 32.1. The van der Waals surface area contributed by atoms with Gasteiger partial charge in [-0.1, -0.05) is 152 Å². The van der Waals surface area contributed by atoms with Crippen LogP contribution in [-0.2, 0) is 0 Å². The molecular weight excluding hydrogens is 599 g/mol. The van der Waals surface area contributed by atoms with E-state index in [4.69, 9.17) is 0 Å². The van der Waals surface area contributed by atoms with Crippen LogP contribution in [0.3, 0.4) is 0 Å². The van der Waals surface area contributed by atoms with Crippen molar-refractivity contribution in [3.63, 3.8) is 0 Å². The topological polar surface area (TPSA) is 3.24 Å². The second kappa shape index (κ2) is 12.0. The number of anilines is 3. The molecule has 9 rings (SSSR count). The lowest BCUT2D eigenvalue weighted by atomic mass is 9.99. The smallest absolute Gasteiger partial charge is 0.0640 e. The van der Waals surface area contributed by atoms with Crippen molar-refractivity contribution in [2.24, 2.45) is 0 Å². The first-order valence-corrected chi connectivity index (χ1v) is 17.2. The maximum absolute atomic E-state index is 2.45. The maximum atomic E-state index is 2.45. The Morgan fingerprint density at radius 3 is 1.56 bits per heavy atom. The highest BCUT2D eigenvalue weighted by molar-refractivity contribution is 7.26. The van der Waals surface area contributed by atoms with Crippen LogP contribution in [0, 0.1) is 0 Å². The number of para-hydroxylation sites is 1. The van der Waals surface area contributed by atoms with Gasteiger partial charge in [0.1, 0.15) is 0 Å². The van der Waals surface area contributed by atoms with E-state index in [1.807, 2.05) is 11.3 Å². The van der Waals surface area contributed by atoms with E-state index >= 15 is 0 Å². The van der Waals surface area contributed by atoms with Gasteiger partial charge in [-0.15, -0.1) is 11.3 Å². The number of thiophene rings is 1. The molecule has 9 aromatic rings. The van der Waals surface area contributed by atoms with E-state index in [2.05, 4.69) is 193 Å². The molecule has 0 unspecified atom stereocenters. The molecule has 0 radical (unpaired) electrons. The fraction of sp³-hybridized carbons (Fsp3) is 0. The zero-order valence-electron chi connectivity index (χ0n) is 26.3. The lowest BCUT2D eigenvalue weighted by molar-refractivity contribution is 1.30. The van der Waals surface area contributed by atoms with Crippen molar-refractivity contribution in [3.05, 3.63) is 188 Å². The third-order valence-corrected chi connectivity index (χ3v) is 10.5. The first-order valence-electron chi connectivity index (χ1n) is 16.3. The molecular formula is C46H31NS. The minimum Gasteiger partial charge on any atom is -0.308 e. The number of benzene rings is 8. The van der Waals surface area contributed by atoms with Crippen molar-refractivity contribution in [2.45, 2.75) is 0 Å². The second-order valence-electron chi connectivity index (χ2n) is 12.2. The summed E-state index contributed by atoms with van der Waals surface area (Å²) in [7, 11) is 0. The largest absolute Gasteiger partial charge is 0.308 e. The van der Waals surface area contributed by atoms with Gasteiger partial charge in [0.05, 0.1) is 16.1 Å². The number of hydrogen-bond donors (Lipinski definition) is 0. The molecule has 2 heteroatoms. The van der Waals surface area contributed by atoms with Crippen molar-refractivity contribution in [1.82, 2.24) is 0 Å². The van der Waals surface area contributed by atoms with Crippen LogP contribution in [0.15, 0.2) is 188 Å². The van der Waals surface area contributed by atoms with E-state index in [1.54, 1.807) is 0 Å². The fourth-order valence-corrected chi connectivity index (χ4v) is 8.11. The van der Waals surface area contributed by atoms with Gasteiger partial charge < -0.3 is 4.90 Å². The molecule has 0 spiro atoms. The van der Waals surface area contributed by atoms with Crippen molar-refractivity contribution in [1.29, 1.82) is 0 Å². The van der Waals surface area contributed by atoms with E-state index in [9.17, 15) is 0 Å². The quantitative estimate of drug-likeness (QED) is 0.177. The summed E-state index contributed by atoms with van der Waals surface area (Å²) in [5, 5.41) is 5.14. The van der Waals surface area contributed by atoms with Gasteiger partial charge in [-0.3, -0.25) is 0 Å². The highest BCUT2D eigenvalue weighted by Crippen LogP contribution is 2.47. The lowest BCUT2D eigenvalue weighted by Gasteiger charge is -2.28. The first-order chi connectivity index (χ1) is 23.8. The SMILES string of the molecule is c1ccc(-c2ccc(-c3ccc(N(c4ccccc4-c4ccccc4)c4cccc5c4sc4cc6ccccc6cc45)cc3)cc2)cc1. The molecule has 1 nitrogen and oxygen atoms in total. The van der Waals surface area contributed by atoms with E-state index in [-0.39, 0.29) is 0 Å². The Kier molecular flexibility index (Phi) is 7.07. The Morgan fingerprint density at radius 2 is 0.875 bits per heavy atom. The van der Waals surface area contributed by atoms with Crippen molar-refractivity contribution in [2.75, 3.05) is 4.90 Å². The summed E-state index contributed by atoms with van der Waals surface area (Å²) < 4.78 is 2.59. The minimum atomic E-state index is 1.12. The average molecular weight is 630 g/mol. The molecule has 0 aliphatic heterocycles. The minimum absolute atomic E-state index is 1.12.